The molecule has 0 spiro atoms. The fourth-order valence-corrected chi connectivity index (χ4v) is 2.89. The first-order valence-corrected chi connectivity index (χ1v) is 8.35. The van der Waals surface area contributed by atoms with E-state index in [1.54, 1.807) is 6.07 Å². The Morgan fingerprint density at radius 1 is 1.00 bits per heavy atom. The number of amides is 1. The number of hydrogen-bond donors (Lipinski definition) is 3. The maximum atomic E-state index is 12.1. The zero-order valence-corrected chi connectivity index (χ0v) is 14.3. The monoisotopic (exact) mass is 341 g/mol. The summed E-state index contributed by atoms with van der Waals surface area (Å²) >= 11 is 0. The predicted octanol–water partition coefficient (Wildman–Crippen LogP) is 2.03. The summed E-state index contributed by atoms with van der Waals surface area (Å²) in [5.41, 5.74) is 2.54. The quantitative estimate of drug-likeness (QED) is 0.742. The minimum absolute atomic E-state index is 0.133. The van der Waals surface area contributed by atoms with Gasteiger partial charge in [-0.05, 0) is 49.0 Å². The third-order valence-electron chi connectivity index (χ3n) is 4.42. The number of nitrogens with one attached hydrogen (secondary N) is 1. The number of benzene rings is 2. The molecule has 1 heterocycles. The van der Waals surface area contributed by atoms with Crippen LogP contribution in [0, 0.1) is 0 Å². The van der Waals surface area contributed by atoms with Crippen LogP contribution in [0.1, 0.15) is 5.56 Å². The molecule has 0 bridgehead atoms. The van der Waals surface area contributed by atoms with Crippen molar-refractivity contribution in [1.82, 2.24) is 4.90 Å². The van der Waals surface area contributed by atoms with E-state index in [1.165, 1.54) is 12.1 Å². The average Bonchev–Trinajstić information content (AvgIpc) is 2.60. The molecule has 3 rings (SSSR count). The van der Waals surface area contributed by atoms with Gasteiger partial charge in [-0.25, -0.2) is 0 Å². The van der Waals surface area contributed by atoms with Crippen LogP contribution in [0.4, 0.5) is 11.4 Å². The van der Waals surface area contributed by atoms with Crippen LogP contribution in [0.25, 0.3) is 0 Å². The number of rotatable bonds is 4. The third-order valence-corrected chi connectivity index (χ3v) is 4.42. The van der Waals surface area contributed by atoms with Crippen molar-refractivity contribution in [2.75, 3.05) is 43.4 Å². The number of carbonyl (C=O) groups excluding carboxylic acids is 1. The second-order valence-corrected chi connectivity index (χ2v) is 6.39. The molecule has 6 nitrogen and oxygen atoms in total. The molecule has 1 aliphatic rings. The minimum Gasteiger partial charge on any atom is -0.504 e. The molecule has 0 radical (unpaired) electrons. The van der Waals surface area contributed by atoms with Crippen LogP contribution in [0.5, 0.6) is 11.5 Å². The van der Waals surface area contributed by atoms with E-state index < -0.39 is 0 Å². The number of aromatic hydroxyl groups is 2. The van der Waals surface area contributed by atoms with E-state index in [9.17, 15) is 15.0 Å². The van der Waals surface area contributed by atoms with E-state index in [-0.39, 0.29) is 23.8 Å². The Labute approximate surface area is 147 Å². The Morgan fingerprint density at radius 3 is 2.32 bits per heavy atom. The van der Waals surface area contributed by atoms with Gasteiger partial charge in [0.05, 0.1) is 6.42 Å². The fourth-order valence-electron chi connectivity index (χ4n) is 2.89. The summed E-state index contributed by atoms with van der Waals surface area (Å²) in [4.78, 5) is 16.8. The molecule has 1 aliphatic heterocycles. The second-order valence-electron chi connectivity index (χ2n) is 6.39. The second kappa shape index (κ2) is 7.44. The van der Waals surface area contributed by atoms with Gasteiger partial charge in [-0.1, -0.05) is 6.07 Å². The van der Waals surface area contributed by atoms with Crippen LogP contribution in [0.15, 0.2) is 42.5 Å². The molecule has 0 aromatic heterocycles. The lowest BCUT2D eigenvalue weighted by molar-refractivity contribution is -0.115. The summed E-state index contributed by atoms with van der Waals surface area (Å²) in [6, 6.07) is 12.2. The lowest BCUT2D eigenvalue weighted by Crippen LogP contribution is -2.44. The van der Waals surface area contributed by atoms with Gasteiger partial charge in [0.25, 0.3) is 0 Å². The van der Waals surface area contributed by atoms with Crippen molar-refractivity contribution in [2.45, 2.75) is 6.42 Å². The Balaban J connectivity index is 1.57. The minimum atomic E-state index is -0.221. The lowest BCUT2D eigenvalue weighted by Gasteiger charge is -2.34. The molecule has 132 valence electrons. The number of carbonyl (C=O) groups is 1. The van der Waals surface area contributed by atoms with Gasteiger partial charge in [0.15, 0.2) is 11.5 Å². The number of anilines is 2. The van der Waals surface area contributed by atoms with E-state index in [0.29, 0.717) is 5.56 Å². The number of likely N-dealkylation sites (N-methyl/N-ethyl adjacent to an activating group) is 1. The van der Waals surface area contributed by atoms with Gasteiger partial charge in [-0.2, -0.15) is 0 Å². The first kappa shape index (κ1) is 17.1. The van der Waals surface area contributed by atoms with E-state index >= 15 is 0 Å². The van der Waals surface area contributed by atoms with Gasteiger partial charge in [0, 0.05) is 37.6 Å². The Hall–Kier alpha value is -2.73. The molecule has 25 heavy (non-hydrogen) atoms. The molecule has 0 aliphatic carbocycles. The lowest BCUT2D eigenvalue weighted by atomic mass is 10.1. The van der Waals surface area contributed by atoms with Gasteiger partial charge in [0.2, 0.25) is 5.91 Å². The van der Waals surface area contributed by atoms with Crippen LogP contribution in [-0.4, -0.2) is 54.2 Å². The Morgan fingerprint density at radius 2 is 1.68 bits per heavy atom. The fraction of sp³-hybridized carbons (Fsp3) is 0.316. The van der Waals surface area contributed by atoms with Crippen molar-refractivity contribution >= 4 is 17.3 Å². The van der Waals surface area contributed by atoms with Crippen LogP contribution >= 0.6 is 0 Å². The molecular formula is C19H23N3O3. The van der Waals surface area contributed by atoms with E-state index in [2.05, 4.69) is 22.2 Å². The highest BCUT2D eigenvalue weighted by Crippen LogP contribution is 2.25. The van der Waals surface area contributed by atoms with Crippen molar-refractivity contribution in [3.05, 3.63) is 48.0 Å². The van der Waals surface area contributed by atoms with Crippen LogP contribution in [0.3, 0.4) is 0 Å². The molecule has 1 fully saturated rings. The van der Waals surface area contributed by atoms with Crippen molar-refractivity contribution in [3.63, 3.8) is 0 Å². The highest BCUT2D eigenvalue weighted by Gasteiger charge is 2.14. The zero-order chi connectivity index (χ0) is 17.8. The number of piperazine rings is 1. The van der Waals surface area contributed by atoms with Gasteiger partial charge < -0.3 is 25.3 Å². The Bertz CT molecular complexity index is 738. The normalized spacial score (nSPS) is 15.2. The topological polar surface area (TPSA) is 76.0 Å². The Kier molecular flexibility index (Phi) is 5.09. The zero-order valence-electron chi connectivity index (χ0n) is 14.3. The highest BCUT2D eigenvalue weighted by molar-refractivity contribution is 5.92. The molecule has 2 aromatic rings. The van der Waals surface area contributed by atoms with Crippen LogP contribution in [0.2, 0.25) is 0 Å². The third kappa shape index (κ3) is 4.42. The molecular weight excluding hydrogens is 318 g/mol. The summed E-state index contributed by atoms with van der Waals surface area (Å²) in [6.45, 7) is 4.12. The molecule has 0 atom stereocenters. The maximum Gasteiger partial charge on any atom is 0.228 e. The predicted molar refractivity (Wildman–Crippen MR) is 98.3 cm³/mol. The SMILES string of the molecule is CN1CCN(c2ccc(NC(=O)Cc3ccc(O)c(O)c3)cc2)CC1. The average molecular weight is 341 g/mol. The van der Waals surface area contributed by atoms with E-state index in [0.717, 1.165) is 37.6 Å². The molecule has 1 saturated heterocycles. The first-order chi connectivity index (χ1) is 12.0. The number of nitrogens with zero attached hydrogens (tertiary/aromatic N) is 2. The standard InChI is InChI=1S/C19H23N3O3/c1-21-8-10-22(11-9-21)16-5-3-15(4-6-16)20-19(25)13-14-2-7-17(23)18(24)12-14/h2-7,12,23-24H,8-11,13H2,1H3,(H,20,25). The van der Waals surface area contributed by atoms with Crippen LogP contribution < -0.4 is 10.2 Å². The molecule has 0 saturated carbocycles. The van der Waals surface area contributed by atoms with E-state index in [4.69, 9.17) is 0 Å². The molecule has 1 amide bonds. The van der Waals surface area contributed by atoms with Gasteiger partial charge in [0.1, 0.15) is 0 Å². The summed E-state index contributed by atoms with van der Waals surface area (Å²) in [5, 5.41) is 21.6. The van der Waals surface area contributed by atoms with Gasteiger partial charge in [-0.15, -0.1) is 0 Å². The van der Waals surface area contributed by atoms with Crippen molar-refractivity contribution in [1.29, 1.82) is 0 Å². The number of hydrogen-bond acceptors (Lipinski definition) is 5. The molecule has 6 heteroatoms. The highest BCUT2D eigenvalue weighted by atomic mass is 16.3. The summed E-state index contributed by atoms with van der Waals surface area (Å²) in [5.74, 6) is -0.581. The first-order valence-electron chi connectivity index (χ1n) is 8.35. The van der Waals surface area contributed by atoms with Gasteiger partial charge in [-0.3, -0.25) is 4.79 Å². The molecule has 3 N–H and O–H groups in total. The summed E-state index contributed by atoms with van der Waals surface area (Å²) in [6.07, 6.45) is 0.133. The van der Waals surface area contributed by atoms with Crippen molar-refractivity contribution in [2.24, 2.45) is 0 Å². The van der Waals surface area contributed by atoms with Crippen LogP contribution in [-0.2, 0) is 11.2 Å². The number of phenols is 2. The molecule has 0 unspecified atom stereocenters. The smallest absolute Gasteiger partial charge is 0.228 e. The maximum absolute atomic E-state index is 12.1. The summed E-state index contributed by atoms with van der Waals surface area (Å²) in [7, 11) is 2.13. The van der Waals surface area contributed by atoms with Crippen molar-refractivity contribution in [3.8, 4) is 11.5 Å². The van der Waals surface area contributed by atoms with E-state index in [1.807, 2.05) is 24.3 Å². The van der Waals surface area contributed by atoms with Gasteiger partial charge >= 0.3 is 0 Å². The molecule has 2 aromatic carbocycles. The number of phenolic OH excluding ortho intramolecular Hbond substituents is 2. The largest absolute Gasteiger partial charge is 0.504 e. The summed E-state index contributed by atoms with van der Waals surface area (Å²) < 4.78 is 0. The van der Waals surface area contributed by atoms with Crippen molar-refractivity contribution < 1.29 is 15.0 Å².